The van der Waals surface area contributed by atoms with Crippen LogP contribution >= 0.6 is 0 Å². The SMILES string of the molecule is CNc1cc(Nc2ccc(C(=O)N3CCC(N4CCOCC4)C3)c3c2OCC3)nc2[nH]cc(C(F)(F)F)c12. The van der Waals surface area contributed by atoms with Gasteiger partial charge in [-0.05, 0) is 18.6 Å². The Balaban J connectivity index is 1.25. The predicted octanol–water partition coefficient (Wildman–Crippen LogP) is 3.85. The molecule has 0 bridgehead atoms. The summed E-state index contributed by atoms with van der Waals surface area (Å²) < 4.78 is 51.7. The molecule has 2 fully saturated rings. The number of anilines is 3. The quantitative estimate of drug-likeness (QED) is 0.461. The van der Waals surface area contributed by atoms with Crippen LogP contribution in [0.2, 0.25) is 0 Å². The summed E-state index contributed by atoms with van der Waals surface area (Å²) in [4.78, 5) is 24.8. The summed E-state index contributed by atoms with van der Waals surface area (Å²) in [5.41, 5.74) is 1.70. The summed E-state index contributed by atoms with van der Waals surface area (Å²) in [7, 11) is 1.56. The summed E-state index contributed by atoms with van der Waals surface area (Å²) in [6.45, 7) is 5.11. The van der Waals surface area contributed by atoms with E-state index in [-0.39, 0.29) is 16.9 Å². The molecule has 9 nitrogen and oxygen atoms in total. The number of fused-ring (bicyclic) bond motifs is 2. The molecule has 0 saturated carbocycles. The van der Waals surface area contributed by atoms with E-state index in [1.165, 1.54) is 6.07 Å². The number of nitrogens with zero attached hydrogens (tertiary/aromatic N) is 3. The average Bonchev–Trinajstić information content (AvgIpc) is 3.68. The van der Waals surface area contributed by atoms with Gasteiger partial charge < -0.3 is 30.0 Å². The fourth-order valence-corrected chi connectivity index (χ4v) is 5.69. The van der Waals surface area contributed by atoms with Crippen LogP contribution in [0.25, 0.3) is 11.0 Å². The van der Waals surface area contributed by atoms with E-state index < -0.39 is 11.7 Å². The van der Waals surface area contributed by atoms with Gasteiger partial charge in [0.2, 0.25) is 0 Å². The standard InChI is InChI=1S/C26H29F3N6O3/c1-30-20-12-21(33-24-22(20)18(13-31-24)26(27,28)29)32-19-3-2-17(16-5-9-38-23(16)19)25(36)35-6-4-15(14-35)34-7-10-37-11-8-34/h2-3,12-13,15H,4-11,14H2,1H3,(H3,30,31,32,33). The van der Waals surface area contributed by atoms with E-state index in [4.69, 9.17) is 9.47 Å². The molecule has 202 valence electrons. The Kier molecular flexibility index (Phi) is 6.31. The monoisotopic (exact) mass is 530 g/mol. The Morgan fingerprint density at radius 2 is 1.97 bits per heavy atom. The molecule has 3 aliphatic heterocycles. The third kappa shape index (κ3) is 4.41. The number of aromatic amines is 1. The minimum absolute atomic E-state index is 0.00265. The zero-order valence-electron chi connectivity index (χ0n) is 21.0. The third-order valence-electron chi connectivity index (χ3n) is 7.58. The molecule has 5 heterocycles. The summed E-state index contributed by atoms with van der Waals surface area (Å²) >= 11 is 0. The van der Waals surface area contributed by atoms with E-state index >= 15 is 0 Å². The normalized spacial score (nSPS) is 20.0. The number of H-pyrrole nitrogens is 1. The van der Waals surface area contributed by atoms with Gasteiger partial charge >= 0.3 is 6.18 Å². The summed E-state index contributed by atoms with van der Waals surface area (Å²) in [5, 5.41) is 6.00. The number of ether oxygens (including phenoxy) is 2. The number of morpholine rings is 1. The lowest BCUT2D eigenvalue weighted by Gasteiger charge is -2.32. The Bertz CT molecular complexity index is 1370. The van der Waals surface area contributed by atoms with E-state index in [1.807, 2.05) is 4.90 Å². The smallest absolute Gasteiger partial charge is 0.418 e. The molecule has 3 N–H and O–H groups in total. The van der Waals surface area contributed by atoms with Crippen molar-refractivity contribution in [2.45, 2.75) is 25.1 Å². The highest BCUT2D eigenvalue weighted by Gasteiger charge is 2.36. The molecule has 12 heteroatoms. The highest BCUT2D eigenvalue weighted by Crippen LogP contribution is 2.41. The van der Waals surface area contributed by atoms with Gasteiger partial charge in [-0.2, -0.15) is 13.2 Å². The lowest BCUT2D eigenvalue weighted by molar-refractivity contribution is -0.136. The van der Waals surface area contributed by atoms with Gasteiger partial charge in [-0.25, -0.2) is 4.98 Å². The molecule has 38 heavy (non-hydrogen) atoms. The van der Waals surface area contributed by atoms with E-state index in [0.29, 0.717) is 60.7 Å². The number of amides is 1. The molecule has 0 radical (unpaired) electrons. The Hall–Kier alpha value is -3.51. The number of carbonyl (C=O) groups excluding carboxylic acids is 1. The number of pyridine rings is 1. The maximum atomic E-state index is 13.5. The molecular formula is C26H29F3N6O3. The lowest BCUT2D eigenvalue weighted by atomic mass is 10.0. The van der Waals surface area contributed by atoms with E-state index in [2.05, 4.69) is 25.5 Å². The summed E-state index contributed by atoms with van der Waals surface area (Å²) in [6, 6.07) is 5.45. The van der Waals surface area contributed by atoms with E-state index in [1.54, 1.807) is 19.2 Å². The second kappa shape index (κ2) is 9.66. The van der Waals surface area contributed by atoms with Crippen molar-refractivity contribution in [2.75, 3.05) is 63.7 Å². The number of alkyl halides is 3. The average molecular weight is 531 g/mol. The molecule has 2 saturated heterocycles. The fourth-order valence-electron chi connectivity index (χ4n) is 5.69. The van der Waals surface area contributed by atoms with E-state index in [0.717, 1.165) is 44.5 Å². The first kappa shape index (κ1) is 24.8. The molecule has 0 spiro atoms. The molecular weight excluding hydrogens is 501 g/mol. The van der Waals surface area contributed by atoms with Crippen LogP contribution < -0.4 is 15.4 Å². The number of likely N-dealkylation sites (tertiary alicyclic amines) is 1. The maximum absolute atomic E-state index is 13.5. The Morgan fingerprint density at radius 3 is 2.74 bits per heavy atom. The van der Waals surface area contributed by atoms with Crippen molar-refractivity contribution in [3.8, 4) is 5.75 Å². The van der Waals surface area contributed by atoms with Gasteiger partial charge in [0.1, 0.15) is 17.2 Å². The van der Waals surface area contributed by atoms with Crippen LogP contribution in [0.4, 0.5) is 30.4 Å². The third-order valence-corrected chi connectivity index (χ3v) is 7.58. The van der Waals surface area contributed by atoms with Crippen molar-refractivity contribution in [1.82, 2.24) is 19.8 Å². The van der Waals surface area contributed by atoms with Crippen molar-refractivity contribution < 1.29 is 27.4 Å². The van der Waals surface area contributed by atoms with Crippen LogP contribution in [0.15, 0.2) is 24.4 Å². The highest BCUT2D eigenvalue weighted by atomic mass is 19.4. The first-order valence-electron chi connectivity index (χ1n) is 12.8. The van der Waals surface area contributed by atoms with Gasteiger partial charge in [0.25, 0.3) is 5.91 Å². The molecule has 3 aromatic rings. The number of carbonyl (C=O) groups is 1. The van der Waals surface area contributed by atoms with Gasteiger partial charge in [-0.3, -0.25) is 9.69 Å². The van der Waals surface area contributed by atoms with Crippen molar-refractivity contribution >= 4 is 34.1 Å². The van der Waals surface area contributed by atoms with Gasteiger partial charge in [0, 0.05) is 74.8 Å². The number of nitrogens with one attached hydrogen (secondary N) is 3. The molecule has 2 aromatic heterocycles. The number of benzene rings is 1. The molecule has 1 amide bonds. The van der Waals surface area contributed by atoms with Gasteiger partial charge in [0.15, 0.2) is 0 Å². The number of hydrogen-bond acceptors (Lipinski definition) is 7. The Morgan fingerprint density at radius 1 is 1.16 bits per heavy atom. The maximum Gasteiger partial charge on any atom is 0.418 e. The van der Waals surface area contributed by atoms with Crippen LogP contribution in [0.3, 0.4) is 0 Å². The molecule has 1 aromatic carbocycles. The minimum atomic E-state index is -4.50. The number of aromatic nitrogens is 2. The first-order valence-corrected chi connectivity index (χ1v) is 12.8. The molecule has 0 aliphatic carbocycles. The van der Waals surface area contributed by atoms with Gasteiger partial charge in [-0.15, -0.1) is 0 Å². The zero-order chi connectivity index (χ0) is 26.4. The first-order chi connectivity index (χ1) is 18.3. The number of halogens is 3. The number of hydrogen-bond donors (Lipinski definition) is 3. The van der Waals surface area contributed by atoms with Crippen molar-refractivity contribution in [1.29, 1.82) is 0 Å². The van der Waals surface area contributed by atoms with Crippen molar-refractivity contribution in [2.24, 2.45) is 0 Å². The largest absolute Gasteiger partial charge is 0.491 e. The highest BCUT2D eigenvalue weighted by molar-refractivity contribution is 5.98. The summed E-state index contributed by atoms with van der Waals surface area (Å²) in [6.07, 6.45) is -2.03. The lowest BCUT2D eigenvalue weighted by Crippen LogP contribution is -2.45. The topological polar surface area (TPSA) is 94.8 Å². The molecule has 3 aliphatic rings. The molecule has 1 unspecified atom stereocenters. The fraction of sp³-hybridized carbons (Fsp3) is 0.462. The van der Waals surface area contributed by atoms with Gasteiger partial charge in [0.05, 0.1) is 36.5 Å². The van der Waals surface area contributed by atoms with Crippen LogP contribution in [0.1, 0.15) is 27.9 Å². The second-order valence-corrected chi connectivity index (χ2v) is 9.76. The van der Waals surface area contributed by atoms with Crippen LogP contribution in [0.5, 0.6) is 5.75 Å². The van der Waals surface area contributed by atoms with Crippen LogP contribution in [0, 0.1) is 0 Å². The summed E-state index contributed by atoms with van der Waals surface area (Å²) in [5.74, 6) is 0.925. The number of rotatable bonds is 5. The molecule has 1 atom stereocenters. The van der Waals surface area contributed by atoms with Crippen molar-refractivity contribution in [3.63, 3.8) is 0 Å². The predicted molar refractivity (Wildman–Crippen MR) is 136 cm³/mol. The van der Waals surface area contributed by atoms with Crippen LogP contribution in [-0.4, -0.2) is 84.8 Å². The van der Waals surface area contributed by atoms with E-state index in [9.17, 15) is 18.0 Å². The second-order valence-electron chi connectivity index (χ2n) is 9.76. The minimum Gasteiger partial charge on any atom is -0.491 e. The van der Waals surface area contributed by atoms with Crippen LogP contribution in [-0.2, 0) is 17.3 Å². The van der Waals surface area contributed by atoms with Crippen molar-refractivity contribution in [3.05, 3.63) is 41.1 Å². The Labute approximate surface area is 217 Å². The molecule has 6 rings (SSSR count). The zero-order valence-corrected chi connectivity index (χ0v) is 21.0. The van der Waals surface area contributed by atoms with Gasteiger partial charge in [-0.1, -0.05) is 0 Å².